The quantitative estimate of drug-likeness (QED) is 0.696. The first-order chi connectivity index (χ1) is 11.1. The molecular formula is C16H15N3O4. The summed E-state index contributed by atoms with van der Waals surface area (Å²) in [6.45, 7) is 1.38. The van der Waals surface area contributed by atoms with Gasteiger partial charge in [-0.2, -0.15) is 0 Å². The van der Waals surface area contributed by atoms with E-state index in [-0.39, 0.29) is 18.7 Å². The third-order valence-electron chi connectivity index (χ3n) is 4.69. The van der Waals surface area contributed by atoms with Crippen LogP contribution in [0.3, 0.4) is 0 Å². The van der Waals surface area contributed by atoms with E-state index in [4.69, 9.17) is 0 Å². The zero-order valence-electron chi connectivity index (χ0n) is 12.3. The van der Waals surface area contributed by atoms with Crippen molar-refractivity contribution in [2.24, 2.45) is 0 Å². The summed E-state index contributed by atoms with van der Waals surface area (Å²) in [5, 5.41) is 5.41. The summed E-state index contributed by atoms with van der Waals surface area (Å²) < 4.78 is 0. The van der Waals surface area contributed by atoms with E-state index in [1.165, 1.54) is 0 Å². The van der Waals surface area contributed by atoms with Crippen LogP contribution in [0.2, 0.25) is 0 Å². The Bertz CT molecular complexity index is 771. The summed E-state index contributed by atoms with van der Waals surface area (Å²) in [4.78, 5) is 49.8. The van der Waals surface area contributed by atoms with Crippen LogP contribution in [-0.4, -0.2) is 41.1 Å². The first kappa shape index (κ1) is 14.1. The van der Waals surface area contributed by atoms with Crippen LogP contribution in [0.5, 0.6) is 0 Å². The maximum atomic E-state index is 12.8. The molecule has 1 aromatic carbocycles. The van der Waals surface area contributed by atoms with Crippen molar-refractivity contribution >= 4 is 23.6 Å². The van der Waals surface area contributed by atoms with Crippen LogP contribution in [0, 0.1) is 0 Å². The predicted octanol–water partition coefficient (Wildman–Crippen LogP) is -0.266. The molecule has 118 valence electrons. The zero-order chi connectivity index (χ0) is 16.1. The van der Waals surface area contributed by atoms with Gasteiger partial charge >= 0.3 is 0 Å². The average molecular weight is 313 g/mol. The van der Waals surface area contributed by atoms with Gasteiger partial charge in [0.05, 0.1) is 11.1 Å². The minimum Gasteiger partial charge on any atom is -0.312 e. The fourth-order valence-electron chi connectivity index (χ4n) is 3.54. The summed E-state index contributed by atoms with van der Waals surface area (Å²) in [7, 11) is 0. The van der Waals surface area contributed by atoms with Crippen molar-refractivity contribution in [2.45, 2.75) is 31.8 Å². The molecule has 3 aliphatic heterocycles. The summed E-state index contributed by atoms with van der Waals surface area (Å²) >= 11 is 0. The second-order valence-corrected chi connectivity index (χ2v) is 6.00. The Labute approximate surface area is 132 Å². The van der Waals surface area contributed by atoms with Gasteiger partial charge in [0.15, 0.2) is 0 Å². The molecule has 2 N–H and O–H groups in total. The highest BCUT2D eigenvalue weighted by Crippen LogP contribution is 2.32. The molecule has 0 aliphatic carbocycles. The second-order valence-electron chi connectivity index (χ2n) is 6.00. The van der Waals surface area contributed by atoms with E-state index >= 15 is 0 Å². The Balaban J connectivity index is 1.75. The predicted molar refractivity (Wildman–Crippen MR) is 78.5 cm³/mol. The molecule has 7 nitrogen and oxygen atoms in total. The largest absolute Gasteiger partial charge is 0.312 e. The van der Waals surface area contributed by atoms with Crippen LogP contribution in [-0.2, 0) is 22.6 Å². The lowest BCUT2D eigenvalue weighted by molar-refractivity contribution is -0.136. The first-order valence-corrected chi connectivity index (χ1v) is 7.65. The Morgan fingerprint density at radius 1 is 1.04 bits per heavy atom. The lowest BCUT2D eigenvalue weighted by Crippen LogP contribution is -2.54. The Morgan fingerprint density at radius 3 is 2.65 bits per heavy atom. The topological polar surface area (TPSA) is 95.6 Å². The van der Waals surface area contributed by atoms with Crippen LogP contribution in [0.25, 0.3) is 0 Å². The first-order valence-electron chi connectivity index (χ1n) is 7.65. The molecule has 0 unspecified atom stereocenters. The molecule has 7 heteroatoms. The standard InChI is InChI=1S/C16H15N3O4/c20-12-4-3-11(14(21)18-12)19-15(22)9-2-1-8-5-6-17-7-10(8)13(9)16(19)23/h1-2,11,17H,3-7H2,(H,18,20,21)/t11-/m0/s1. The lowest BCUT2D eigenvalue weighted by Gasteiger charge is -2.28. The van der Waals surface area contributed by atoms with E-state index in [1.807, 2.05) is 6.07 Å². The Hall–Kier alpha value is -2.54. The van der Waals surface area contributed by atoms with Gasteiger partial charge in [-0.05, 0) is 36.6 Å². The van der Waals surface area contributed by atoms with Crippen molar-refractivity contribution < 1.29 is 19.2 Å². The van der Waals surface area contributed by atoms with E-state index in [2.05, 4.69) is 10.6 Å². The summed E-state index contributed by atoms with van der Waals surface area (Å²) in [5.74, 6) is -1.83. The van der Waals surface area contributed by atoms with E-state index in [0.717, 1.165) is 29.0 Å². The smallest absolute Gasteiger partial charge is 0.262 e. The minimum absolute atomic E-state index is 0.128. The fraction of sp³-hybridized carbons (Fsp3) is 0.375. The van der Waals surface area contributed by atoms with Gasteiger partial charge in [0.2, 0.25) is 11.8 Å². The molecule has 1 aromatic rings. The number of carbonyl (C=O) groups is 4. The highest BCUT2D eigenvalue weighted by atomic mass is 16.2. The zero-order valence-corrected chi connectivity index (χ0v) is 12.3. The van der Waals surface area contributed by atoms with Crippen molar-refractivity contribution in [1.82, 2.24) is 15.5 Å². The summed E-state index contributed by atoms with van der Waals surface area (Å²) in [5.41, 5.74) is 2.67. The molecule has 0 spiro atoms. The third kappa shape index (κ3) is 2.00. The van der Waals surface area contributed by atoms with E-state index in [1.54, 1.807) is 6.07 Å². The van der Waals surface area contributed by atoms with Crippen LogP contribution in [0.15, 0.2) is 12.1 Å². The highest BCUT2D eigenvalue weighted by Gasteiger charge is 2.45. The van der Waals surface area contributed by atoms with Crippen molar-refractivity contribution in [1.29, 1.82) is 0 Å². The molecule has 1 atom stereocenters. The second kappa shape index (κ2) is 4.99. The number of amides is 4. The van der Waals surface area contributed by atoms with Crippen molar-refractivity contribution in [3.8, 4) is 0 Å². The Kier molecular flexibility index (Phi) is 3.05. The SMILES string of the molecule is O=C1CC[C@H](N2C(=O)c3ccc4c(c3C2=O)CNCC4)C(=O)N1. The number of imide groups is 2. The van der Waals surface area contributed by atoms with Gasteiger partial charge in [0, 0.05) is 13.0 Å². The van der Waals surface area contributed by atoms with Gasteiger partial charge in [-0.3, -0.25) is 29.4 Å². The van der Waals surface area contributed by atoms with E-state index < -0.39 is 23.8 Å². The maximum absolute atomic E-state index is 12.8. The van der Waals surface area contributed by atoms with Gasteiger partial charge in [-0.25, -0.2) is 0 Å². The average Bonchev–Trinajstić information content (AvgIpc) is 2.80. The van der Waals surface area contributed by atoms with Gasteiger partial charge in [-0.1, -0.05) is 6.07 Å². The Morgan fingerprint density at radius 2 is 1.87 bits per heavy atom. The number of nitrogens with zero attached hydrogens (tertiary/aromatic N) is 1. The number of carbonyl (C=O) groups excluding carboxylic acids is 4. The molecule has 3 heterocycles. The van der Waals surface area contributed by atoms with Crippen molar-refractivity contribution in [3.05, 3.63) is 34.4 Å². The molecule has 3 aliphatic rings. The van der Waals surface area contributed by atoms with Gasteiger partial charge < -0.3 is 5.32 Å². The number of rotatable bonds is 1. The number of benzene rings is 1. The molecule has 0 radical (unpaired) electrons. The number of piperidine rings is 1. The molecular weight excluding hydrogens is 298 g/mol. The third-order valence-corrected chi connectivity index (χ3v) is 4.69. The number of nitrogens with one attached hydrogen (secondary N) is 2. The number of hydrogen-bond acceptors (Lipinski definition) is 5. The molecule has 1 saturated heterocycles. The van der Waals surface area contributed by atoms with Crippen LogP contribution < -0.4 is 10.6 Å². The van der Waals surface area contributed by atoms with Gasteiger partial charge in [-0.15, -0.1) is 0 Å². The molecule has 0 aromatic heterocycles. The molecule has 4 amide bonds. The van der Waals surface area contributed by atoms with Crippen LogP contribution in [0.4, 0.5) is 0 Å². The molecule has 1 fully saturated rings. The normalized spacial score (nSPS) is 23.7. The molecule has 4 rings (SSSR count). The summed E-state index contributed by atoms with van der Waals surface area (Å²) in [6.07, 6.45) is 1.11. The minimum atomic E-state index is -0.910. The van der Waals surface area contributed by atoms with Crippen LogP contribution in [0.1, 0.15) is 44.7 Å². The van der Waals surface area contributed by atoms with Crippen molar-refractivity contribution in [3.63, 3.8) is 0 Å². The molecule has 0 bridgehead atoms. The maximum Gasteiger partial charge on any atom is 0.262 e. The highest BCUT2D eigenvalue weighted by molar-refractivity contribution is 6.24. The summed E-state index contributed by atoms with van der Waals surface area (Å²) in [6, 6.07) is 2.65. The lowest BCUT2D eigenvalue weighted by atomic mass is 9.93. The van der Waals surface area contributed by atoms with Gasteiger partial charge in [0.25, 0.3) is 11.8 Å². The molecule has 0 saturated carbocycles. The van der Waals surface area contributed by atoms with Gasteiger partial charge in [0.1, 0.15) is 6.04 Å². The number of hydrogen-bond donors (Lipinski definition) is 2. The number of fused-ring (bicyclic) bond motifs is 3. The van der Waals surface area contributed by atoms with E-state index in [0.29, 0.717) is 17.7 Å². The monoisotopic (exact) mass is 313 g/mol. The van der Waals surface area contributed by atoms with Crippen molar-refractivity contribution in [2.75, 3.05) is 6.54 Å². The van der Waals surface area contributed by atoms with E-state index in [9.17, 15) is 19.2 Å². The fourth-order valence-corrected chi connectivity index (χ4v) is 3.54. The molecule has 23 heavy (non-hydrogen) atoms. The van der Waals surface area contributed by atoms with Crippen LogP contribution >= 0.6 is 0 Å².